The summed E-state index contributed by atoms with van der Waals surface area (Å²) in [7, 11) is 0. The molecule has 0 unspecified atom stereocenters. The molecule has 0 heterocycles. The minimum Gasteiger partial charge on any atom is -0.479 e. The van der Waals surface area contributed by atoms with E-state index >= 15 is 0 Å². The number of rotatable bonds is 7. The van der Waals surface area contributed by atoms with Gasteiger partial charge in [-0.25, -0.2) is 9.18 Å². The molecule has 0 aromatic heterocycles. The number of carboxylic acids is 1. The molecule has 0 saturated heterocycles. The molecule has 27 heavy (non-hydrogen) atoms. The topological polar surface area (TPSA) is 58.6 Å². The number of carbonyl (C=O) groups is 1. The van der Waals surface area contributed by atoms with Crippen LogP contribution in [-0.4, -0.2) is 17.7 Å². The first-order valence-corrected chi connectivity index (χ1v) is 8.62. The SMILES string of the molecule is O=C(O)COc1ccc(NCc2ccc(Cl)c(-c3ccccc3)c2)cc1F. The van der Waals surface area contributed by atoms with Gasteiger partial charge in [0.2, 0.25) is 0 Å². The summed E-state index contributed by atoms with van der Waals surface area (Å²) in [5, 5.41) is 12.4. The lowest BCUT2D eigenvalue weighted by molar-refractivity contribution is -0.139. The second kappa shape index (κ2) is 8.56. The van der Waals surface area contributed by atoms with Gasteiger partial charge in [-0.3, -0.25) is 0 Å². The molecular formula is C21H17ClFNO3. The molecule has 0 spiro atoms. The first kappa shape index (κ1) is 18.7. The van der Waals surface area contributed by atoms with Crippen molar-refractivity contribution in [3.63, 3.8) is 0 Å². The van der Waals surface area contributed by atoms with E-state index in [-0.39, 0.29) is 5.75 Å². The van der Waals surface area contributed by atoms with Gasteiger partial charge in [-0.2, -0.15) is 0 Å². The summed E-state index contributed by atoms with van der Waals surface area (Å²) in [5.74, 6) is -1.88. The molecule has 138 valence electrons. The fourth-order valence-electron chi connectivity index (χ4n) is 2.59. The van der Waals surface area contributed by atoms with Crippen molar-refractivity contribution < 1.29 is 19.0 Å². The Morgan fingerprint density at radius 3 is 2.56 bits per heavy atom. The predicted octanol–water partition coefficient (Wildman–Crippen LogP) is 5.22. The van der Waals surface area contributed by atoms with Gasteiger partial charge in [0.1, 0.15) is 0 Å². The van der Waals surface area contributed by atoms with Gasteiger partial charge in [0.15, 0.2) is 18.2 Å². The minimum atomic E-state index is -1.16. The Balaban J connectivity index is 1.70. The standard InChI is InChI=1S/C21H17ClFNO3/c22-18-8-6-14(10-17(18)15-4-2-1-3-5-15)12-24-16-7-9-20(19(23)11-16)27-13-21(25)26/h1-11,24H,12-13H2,(H,25,26). The van der Waals surface area contributed by atoms with E-state index in [1.807, 2.05) is 48.5 Å². The highest BCUT2D eigenvalue weighted by Crippen LogP contribution is 2.29. The van der Waals surface area contributed by atoms with Crippen LogP contribution in [0, 0.1) is 5.82 Å². The number of carboxylic acid groups (broad SMARTS) is 1. The number of nitrogens with one attached hydrogen (secondary N) is 1. The molecule has 3 aromatic rings. The fourth-order valence-corrected chi connectivity index (χ4v) is 2.82. The zero-order chi connectivity index (χ0) is 19.2. The van der Waals surface area contributed by atoms with Gasteiger partial charge < -0.3 is 15.2 Å². The van der Waals surface area contributed by atoms with Crippen LogP contribution in [0.1, 0.15) is 5.56 Å². The van der Waals surface area contributed by atoms with E-state index in [2.05, 4.69) is 5.32 Å². The number of anilines is 1. The third kappa shape index (κ3) is 4.99. The first-order chi connectivity index (χ1) is 13.0. The Labute approximate surface area is 161 Å². The summed E-state index contributed by atoms with van der Waals surface area (Å²) in [4.78, 5) is 10.5. The summed E-state index contributed by atoms with van der Waals surface area (Å²) >= 11 is 6.31. The van der Waals surface area contributed by atoms with Crippen LogP contribution >= 0.6 is 11.6 Å². The molecule has 0 saturated carbocycles. The number of hydrogen-bond donors (Lipinski definition) is 2. The van der Waals surface area contributed by atoms with Gasteiger partial charge in [-0.1, -0.05) is 48.0 Å². The molecule has 3 rings (SSSR count). The minimum absolute atomic E-state index is 0.0965. The molecule has 0 radical (unpaired) electrons. The van der Waals surface area contributed by atoms with Crippen molar-refractivity contribution in [2.75, 3.05) is 11.9 Å². The van der Waals surface area contributed by atoms with E-state index < -0.39 is 18.4 Å². The van der Waals surface area contributed by atoms with Crippen molar-refractivity contribution in [2.45, 2.75) is 6.54 Å². The highest BCUT2D eigenvalue weighted by Gasteiger charge is 2.08. The van der Waals surface area contributed by atoms with Crippen LogP contribution in [0.2, 0.25) is 5.02 Å². The number of aliphatic carboxylic acids is 1. The van der Waals surface area contributed by atoms with Crippen molar-refractivity contribution in [2.24, 2.45) is 0 Å². The zero-order valence-corrected chi connectivity index (χ0v) is 15.0. The van der Waals surface area contributed by atoms with Crippen molar-refractivity contribution in [1.82, 2.24) is 0 Å². The van der Waals surface area contributed by atoms with Gasteiger partial charge in [0.25, 0.3) is 0 Å². The Kier molecular flexibility index (Phi) is 5.94. The Bertz CT molecular complexity index is 947. The van der Waals surface area contributed by atoms with Crippen LogP contribution in [0.4, 0.5) is 10.1 Å². The molecule has 0 aliphatic rings. The highest BCUT2D eigenvalue weighted by molar-refractivity contribution is 6.33. The van der Waals surface area contributed by atoms with Crippen molar-refractivity contribution in [3.8, 4) is 16.9 Å². The third-order valence-electron chi connectivity index (χ3n) is 3.90. The molecular weight excluding hydrogens is 369 g/mol. The Morgan fingerprint density at radius 1 is 1.07 bits per heavy atom. The highest BCUT2D eigenvalue weighted by atomic mass is 35.5. The Hall–Kier alpha value is -3.05. The maximum atomic E-state index is 14.0. The molecule has 6 heteroatoms. The van der Waals surface area contributed by atoms with E-state index in [0.29, 0.717) is 17.3 Å². The second-order valence-corrected chi connectivity index (χ2v) is 6.27. The fraction of sp³-hybridized carbons (Fsp3) is 0.0952. The van der Waals surface area contributed by atoms with E-state index in [0.717, 1.165) is 16.7 Å². The summed E-state index contributed by atoms with van der Waals surface area (Å²) in [6.45, 7) is -0.109. The van der Waals surface area contributed by atoms with Crippen LogP contribution < -0.4 is 10.1 Å². The van der Waals surface area contributed by atoms with Crippen LogP contribution in [0.15, 0.2) is 66.7 Å². The van der Waals surface area contributed by atoms with Crippen molar-refractivity contribution in [1.29, 1.82) is 0 Å². The number of halogens is 2. The van der Waals surface area contributed by atoms with Crippen LogP contribution in [0.5, 0.6) is 5.75 Å². The molecule has 0 aliphatic heterocycles. The molecule has 4 nitrogen and oxygen atoms in total. The molecule has 0 amide bonds. The number of benzene rings is 3. The molecule has 2 N–H and O–H groups in total. The number of hydrogen-bond acceptors (Lipinski definition) is 3. The third-order valence-corrected chi connectivity index (χ3v) is 4.22. The summed E-state index contributed by atoms with van der Waals surface area (Å²) in [6.07, 6.45) is 0. The van der Waals surface area contributed by atoms with Crippen molar-refractivity contribution in [3.05, 3.63) is 83.1 Å². The zero-order valence-electron chi connectivity index (χ0n) is 14.3. The average molecular weight is 386 g/mol. The lowest BCUT2D eigenvalue weighted by atomic mass is 10.0. The normalized spacial score (nSPS) is 10.4. The first-order valence-electron chi connectivity index (χ1n) is 8.25. The monoisotopic (exact) mass is 385 g/mol. The largest absolute Gasteiger partial charge is 0.479 e. The molecule has 3 aromatic carbocycles. The van der Waals surface area contributed by atoms with Gasteiger partial charge >= 0.3 is 5.97 Å². The van der Waals surface area contributed by atoms with Crippen LogP contribution in [0.25, 0.3) is 11.1 Å². The lowest BCUT2D eigenvalue weighted by Gasteiger charge is -2.11. The molecule has 0 aliphatic carbocycles. The van der Waals surface area contributed by atoms with E-state index in [4.69, 9.17) is 21.4 Å². The summed E-state index contributed by atoms with van der Waals surface area (Å²) in [6, 6.07) is 19.9. The summed E-state index contributed by atoms with van der Waals surface area (Å²) in [5.41, 5.74) is 3.51. The average Bonchev–Trinajstić information content (AvgIpc) is 2.67. The lowest BCUT2D eigenvalue weighted by Crippen LogP contribution is -2.10. The molecule has 0 fully saturated rings. The van der Waals surface area contributed by atoms with E-state index in [9.17, 15) is 9.18 Å². The Morgan fingerprint density at radius 2 is 1.85 bits per heavy atom. The maximum absolute atomic E-state index is 14.0. The van der Waals surface area contributed by atoms with E-state index in [1.54, 1.807) is 6.07 Å². The quantitative estimate of drug-likeness (QED) is 0.585. The van der Waals surface area contributed by atoms with Crippen molar-refractivity contribution >= 4 is 23.3 Å². The smallest absolute Gasteiger partial charge is 0.341 e. The molecule has 0 bridgehead atoms. The van der Waals surface area contributed by atoms with Gasteiger partial charge in [0.05, 0.1) is 0 Å². The van der Waals surface area contributed by atoms with Gasteiger partial charge in [-0.15, -0.1) is 0 Å². The second-order valence-electron chi connectivity index (χ2n) is 5.86. The van der Waals surface area contributed by atoms with Crippen LogP contribution in [0.3, 0.4) is 0 Å². The molecule has 0 atom stereocenters. The van der Waals surface area contributed by atoms with Crippen LogP contribution in [-0.2, 0) is 11.3 Å². The van der Waals surface area contributed by atoms with Gasteiger partial charge in [0, 0.05) is 28.9 Å². The number of ether oxygens (including phenoxy) is 1. The van der Waals surface area contributed by atoms with E-state index in [1.165, 1.54) is 12.1 Å². The summed E-state index contributed by atoms with van der Waals surface area (Å²) < 4.78 is 18.9. The van der Waals surface area contributed by atoms with Gasteiger partial charge in [-0.05, 0) is 35.4 Å². The maximum Gasteiger partial charge on any atom is 0.341 e. The predicted molar refractivity (Wildman–Crippen MR) is 104 cm³/mol.